The van der Waals surface area contributed by atoms with E-state index in [0.29, 0.717) is 10.0 Å². The highest BCUT2D eigenvalue weighted by Gasteiger charge is 2.19. The molecule has 1 aromatic rings. The van der Waals surface area contributed by atoms with E-state index in [2.05, 4.69) is 20.7 Å². The third-order valence-electron chi connectivity index (χ3n) is 1.82. The van der Waals surface area contributed by atoms with Gasteiger partial charge in [-0.1, -0.05) is 0 Å². The van der Waals surface area contributed by atoms with Crippen LogP contribution in [-0.2, 0) is 4.74 Å². The molecule has 15 heavy (non-hydrogen) atoms. The Labute approximate surface area is 95.5 Å². The number of hydrogen-bond donors (Lipinski definition) is 0. The quantitative estimate of drug-likeness (QED) is 0.772. The van der Waals surface area contributed by atoms with E-state index in [1.54, 1.807) is 12.1 Å². The minimum absolute atomic E-state index is 0.221. The molecule has 0 saturated heterocycles. The molecule has 0 amide bonds. The molecule has 0 unspecified atom stereocenters. The standard InChI is InChI=1S/C10H8BrNO3/c1-14-9-6(5-12)3-4-7(11)8(9)10(13)15-2/h3-4H,1-2H3. The van der Waals surface area contributed by atoms with Crippen molar-refractivity contribution in [3.8, 4) is 11.8 Å². The summed E-state index contributed by atoms with van der Waals surface area (Å²) in [6.07, 6.45) is 0. The second kappa shape index (κ2) is 4.80. The van der Waals surface area contributed by atoms with Crippen molar-refractivity contribution < 1.29 is 14.3 Å². The van der Waals surface area contributed by atoms with Crippen LogP contribution in [0.25, 0.3) is 0 Å². The number of ether oxygens (including phenoxy) is 2. The van der Waals surface area contributed by atoms with E-state index in [-0.39, 0.29) is 11.3 Å². The first-order valence-electron chi connectivity index (χ1n) is 4.00. The average Bonchev–Trinajstić information content (AvgIpc) is 2.27. The highest BCUT2D eigenvalue weighted by molar-refractivity contribution is 9.10. The van der Waals surface area contributed by atoms with Gasteiger partial charge in [-0.3, -0.25) is 0 Å². The number of benzene rings is 1. The van der Waals surface area contributed by atoms with Crippen molar-refractivity contribution in [1.29, 1.82) is 5.26 Å². The van der Waals surface area contributed by atoms with E-state index in [1.807, 2.05) is 6.07 Å². The Bertz CT molecular complexity index is 437. The third kappa shape index (κ3) is 2.10. The fraction of sp³-hybridized carbons (Fsp3) is 0.200. The van der Waals surface area contributed by atoms with E-state index in [1.165, 1.54) is 14.2 Å². The van der Waals surface area contributed by atoms with Gasteiger partial charge in [0.2, 0.25) is 0 Å². The fourth-order valence-electron chi connectivity index (χ4n) is 1.15. The van der Waals surface area contributed by atoms with E-state index in [4.69, 9.17) is 10.00 Å². The summed E-state index contributed by atoms with van der Waals surface area (Å²) in [6, 6.07) is 5.11. The normalized spacial score (nSPS) is 9.20. The molecular weight excluding hydrogens is 262 g/mol. The Kier molecular flexibility index (Phi) is 3.69. The molecule has 0 aliphatic carbocycles. The molecule has 1 rings (SSSR count). The molecule has 0 aliphatic heterocycles. The number of nitrogens with zero attached hydrogens (tertiary/aromatic N) is 1. The summed E-state index contributed by atoms with van der Waals surface area (Å²) in [7, 11) is 2.67. The Morgan fingerprint density at radius 2 is 2.13 bits per heavy atom. The van der Waals surface area contributed by atoms with Crippen molar-refractivity contribution >= 4 is 21.9 Å². The topological polar surface area (TPSA) is 59.3 Å². The summed E-state index contributed by atoms with van der Waals surface area (Å²) in [5.41, 5.74) is 0.514. The molecule has 0 spiro atoms. The lowest BCUT2D eigenvalue weighted by atomic mass is 10.1. The van der Waals surface area contributed by atoms with Gasteiger partial charge in [0.05, 0.1) is 19.8 Å². The molecule has 0 fully saturated rings. The second-order valence-electron chi connectivity index (χ2n) is 2.61. The smallest absolute Gasteiger partial charge is 0.342 e. The monoisotopic (exact) mass is 269 g/mol. The first-order valence-corrected chi connectivity index (χ1v) is 4.80. The van der Waals surface area contributed by atoms with Gasteiger partial charge in [0.1, 0.15) is 11.6 Å². The summed E-state index contributed by atoms with van der Waals surface area (Å²) in [5, 5.41) is 8.82. The number of methoxy groups -OCH3 is 2. The van der Waals surface area contributed by atoms with Gasteiger partial charge in [-0.25, -0.2) is 4.79 Å². The van der Waals surface area contributed by atoms with Crippen molar-refractivity contribution in [3.63, 3.8) is 0 Å². The van der Waals surface area contributed by atoms with Gasteiger partial charge >= 0.3 is 5.97 Å². The van der Waals surface area contributed by atoms with Gasteiger partial charge in [0.25, 0.3) is 0 Å². The van der Waals surface area contributed by atoms with Crippen LogP contribution in [0.3, 0.4) is 0 Å². The zero-order valence-corrected chi connectivity index (χ0v) is 9.79. The molecule has 1 aromatic carbocycles. The highest BCUT2D eigenvalue weighted by atomic mass is 79.9. The number of nitriles is 1. The molecular formula is C10H8BrNO3. The summed E-state index contributed by atoms with van der Waals surface area (Å²) < 4.78 is 10.2. The first-order chi connectivity index (χ1) is 7.15. The number of rotatable bonds is 2. The molecule has 0 aromatic heterocycles. The van der Waals surface area contributed by atoms with Crippen LogP contribution in [0.15, 0.2) is 16.6 Å². The molecule has 5 heteroatoms. The van der Waals surface area contributed by atoms with Crippen LogP contribution in [0.2, 0.25) is 0 Å². The molecule has 0 atom stereocenters. The molecule has 4 nitrogen and oxygen atoms in total. The van der Waals surface area contributed by atoms with Crippen molar-refractivity contribution in [3.05, 3.63) is 27.7 Å². The van der Waals surface area contributed by atoms with E-state index >= 15 is 0 Å². The van der Waals surface area contributed by atoms with Crippen molar-refractivity contribution in [2.24, 2.45) is 0 Å². The van der Waals surface area contributed by atoms with Crippen LogP contribution in [-0.4, -0.2) is 20.2 Å². The van der Waals surface area contributed by atoms with Gasteiger partial charge in [-0.05, 0) is 28.1 Å². The molecule has 78 valence electrons. The Morgan fingerprint density at radius 3 is 2.60 bits per heavy atom. The predicted molar refractivity (Wildman–Crippen MR) is 56.7 cm³/mol. The van der Waals surface area contributed by atoms with Crippen LogP contribution in [0.4, 0.5) is 0 Å². The van der Waals surface area contributed by atoms with Crippen LogP contribution in [0.5, 0.6) is 5.75 Å². The van der Waals surface area contributed by atoms with Gasteiger partial charge in [-0.15, -0.1) is 0 Å². The zero-order chi connectivity index (χ0) is 11.4. The lowest BCUT2D eigenvalue weighted by Gasteiger charge is -2.09. The van der Waals surface area contributed by atoms with Gasteiger partial charge in [0.15, 0.2) is 5.75 Å². The second-order valence-corrected chi connectivity index (χ2v) is 3.46. The summed E-state index contributed by atoms with van der Waals surface area (Å²) >= 11 is 3.20. The molecule has 0 N–H and O–H groups in total. The lowest BCUT2D eigenvalue weighted by Crippen LogP contribution is -2.06. The number of carbonyl (C=O) groups excluding carboxylic acids is 1. The predicted octanol–water partition coefficient (Wildman–Crippen LogP) is 2.12. The summed E-state index contributed by atoms with van der Waals surface area (Å²) in [5.74, 6) is -0.324. The molecule has 0 saturated carbocycles. The lowest BCUT2D eigenvalue weighted by molar-refractivity contribution is 0.0596. The zero-order valence-electron chi connectivity index (χ0n) is 8.20. The third-order valence-corrected chi connectivity index (χ3v) is 2.48. The molecule has 0 radical (unpaired) electrons. The van der Waals surface area contributed by atoms with E-state index in [0.717, 1.165) is 0 Å². The van der Waals surface area contributed by atoms with Crippen LogP contribution in [0.1, 0.15) is 15.9 Å². The number of esters is 1. The Morgan fingerprint density at radius 1 is 1.47 bits per heavy atom. The molecule has 0 bridgehead atoms. The Hall–Kier alpha value is -1.54. The number of hydrogen-bond acceptors (Lipinski definition) is 4. The average molecular weight is 270 g/mol. The van der Waals surface area contributed by atoms with E-state index in [9.17, 15) is 4.79 Å². The van der Waals surface area contributed by atoms with Crippen molar-refractivity contribution in [1.82, 2.24) is 0 Å². The van der Waals surface area contributed by atoms with Crippen molar-refractivity contribution in [2.45, 2.75) is 0 Å². The maximum absolute atomic E-state index is 11.4. The minimum Gasteiger partial charge on any atom is -0.494 e. The van der Waals surface area contributed by atoms with Crippen LogP contribution < -0.4 is 4.74 Å². The highest BCUT2D eigenvalue weighted by Crippen LogP contribution is 2.30. The largest absolute Gasteiger partial charge is 0.494 e. The Balaban J connectivity index is 3.47. The summed E-state index contributed by atoms with van der Waals surface area (Å²) in [6.45, 7) is 0. The fourth-order valence-corrected chi connectivity index (χ4v) is 1.63. The maximum atomic E-state index is 11.4. The molecule has 0 heterocycles. The maximum Gasteiger partial charge on any atom is 0.342 e. The summed E-state index contributed by atoms with van der Waals surface area (Å²) in [4.78, 5) is 11.4. The first kappa shape index (κ1) is 11.5. The minimum atomic E-state index is -0.546. The number of carbonyl (C=O) groups is 1. The van der Waals surface area contributed by atoms with Crippen LogP contribution >= 0.6 is 15.9 Å². The van der Waals surface area contributed by atoms with Gasteiger partial charge in [-0.2, -0.15) is 5.26 Å². The van der Waals surface area contributed by atoms with Crippen molar-refractivity contribution in [2.75, 3.05) is 14.2 Å². The SMILES string of the molecule is COC(=O)c1c(Br)ccc(C#N)c1OC. The van der Waals surface area contributed by atoms with E-state index < -0.39 is 5.97 Å². The molecule has 0 aliphatic rings. The van der Waals surface area contributed by atoms with Gasteiger partial charge in [0, 0.05) is 4.47 Å². The van der Waals surface area contributed by atoms with Gasteiger partial charge < -0.3 is 9.47 Å². The van der Waals surface area contributed by atoms with Crippen LogP contribution in [0, 0.1) is 11.3 Å². The number of halogens is 1.